The molecule has 5 nitrogen and oxygen atoms in total. The number of benzene rings is 2. The van der Waals surface area contributed by atoms with Gasteiger partial charge < -0.3 is 9.47 Å². The molecule has 0 fully saturated rings. The molecule has 0 aliphatic carbocycles. The van der Waals surface area contributed by atoms with Gasteiger partial charge in [-0.25, -0.2) is 14.2 Å². The van der Waals surface area contributed by atoms with Gasteiger partial charge in [0.25, 0.3) is 5.91 Å². The second-order valence-electron chi connectivity index (χ2n) is 4.83. The minimum Gasteiger partial charge on any atom is -0.494 e. The fourth-order valence-corrected chi connectivity index (χ4v) is 1.84. The summed E-state index contributed by atoms with van der Waals surface area (Å²) in [4.78, 5) is 11.7. The standard InChI is InChI=1S/C17H16F2N2O3/c1-11(12-6-7-16(23-2)15(19)8-12)20-21-17(22)10-24-14-5-3-4-13(18)9-14/h3-9H,10H2,1-2H3,(H,21,22)/b20-11-. The molecule has 2 aromatic carbocycles. The number of ether oxygens (including phenoxy) is 2. The normalized spacial score (nSPS) is 11.1. The van der Waals surface area contributed by atoms with Crippen LogP contribution in [0.1, 0.15) is 12.5 Å². The van der Waals surface area contributed by atoms with Crippen LogP contribution in [0.5, 0.6) is 11.5 Å². The van der Waals surface area contributed by atoms with Gasteiger partial charge in [0.05, 0.1) is 12.8 Å². The zero-order valence-corrected chi connectivity index (χ0v) is 13.2. The average Bonchev–Trinajstić information content (AvgIpc) is 2.57. The van der Waals surface area contributed by atoms with Crippen LogP contribution >= 0.6 is 0 Å². The van der Waals surface area contributed by atoms with E-state index in [-0.39, 0.29) is 18.1 Å². The van der Waals surface area contributed by atoms with Crippen molar-refractivity contribution in [2.24, 2.45) is 5.10 Å². The van der Waals surface area contributed by atoms with Crippen molar-refractivity contribution in [2.45, 2.75) is 6.92 Å². The van der Waals surface area contributed by atoms with Crippen molar-refractivity contribution >= 4 is 11.6 Å². The lowest BCUT2D eigenvalue weighted by molar-refractivity contribution is -0.123. The van der Waals surface area contributed by atoms with Crippen molar-refractivity contribution in [3.05, 3.63) is 59.7 Å². The maximum absolute atomic E-state index is 13.6. The maximum Gasteiger partial charge on any atom is 0.277 e. The van der Waals surface area contributed by atoms with Crippen molar-refractivity contribution in [1.82, 2.24) is 5.43 Å². The number of methoxy groups -OCH3 is 1. The largest absolute Gasteiger partial charge is 0.494 e. The van der Waals surface area contributed by atoms with Crippen molar-refractivity contribution < 1.29 is 23.0 Å². The lowest BCUT2D eigenvalue weighted by Crippen LogP contribution is -2.25. The first-order valence-electron chi connectivity index (χ1n) is 7.05. The SMILES string of the molecule is COc1ccc(/C(C)=N\NC(=O)COc2cccc(F)c2)cc1F. The zero-order chi connectivity index (χ0) is 17.5. The second-order valence-corrected chi connectivity index (χ2v) is 4.83. The second kappa shape index (κ2) is 8.05. The summed E-state index contributed by atoms with van der Waals surface area (Å²) in [5, 5.41) is 3.88. The minimum atomic E-state index is -0.523. The first kappa shape index (κ1) is 17.4. The molecule has 7 heteroatoms. The first-order valence-corrected chi connectivity index (χ1v) is 7.05. The van der Waals surface area contributed by atoms with Crippen LogP contribution in [0, 0.1) is 11.6 Å². The number of hydrogen-bond donors (Lipinski definition) is 1. The fraction of sp³-hybridized carbons (Fsp3) is 0.176. The molecular formula is C17H16F2N2O3. The smallest absolute Gasteiger partial charge is 0.277 e. The summed E-state index contributed by atoms with van der Waals surface area (Å²) in [5.74, 6) is -1.14. The van der Waals surface area contributed by atoms with Crippen LogP contribution in [-0.4, -0.2) is 25.3 Å². The first-order chi connectivity index (χ1) is 11.5. The van der Waals surface area contributed by atoms with Gasteiger partial charge in [0.2, 0.25) is 0 Å². The van der Waals surface area contributed by atoms with Crippen LogP contribution in [-0.2, 0) is 4.79 Å². The van der Waals surface area contributed by atoms with Gasteiger partial charge in [0.15, 0.2) is 18.2 Å². The quantitative estimate of drug-likeness (QED) is 0.653. The zero-order valence-electron chi connectivity index (χ0n) is 13.2. The number of nitrogens with one attached hydrogen (secondary N) is 1. The van der Waals surface area contributed by atoms with Crippen molar-refractivity contribution in [2.75, 3.05) is 13.7 Å². The molecule has 0 saturated heterocycles. The number of halogens is 2. The molecule has 0 saturated carbocycles. The van der Waals surface area contributed by atoms with E-state index in [9.17, 15) is 13.6 Å². The summed E-state index contributed by atoms with van der Waals surface area (Å²) < 4.78 is 36.6. The molecule has 1 N–H and O–H groups in total. The monoisotopic (exact) mass is 334 g/mol. The minimum absolute atomic E-state index is 0.124. The molecule has 24 heavy (non-hydrogen) atoms. The van der Waals surface area contributed by atoms with E-state index < -0.39 is 17.5 Å². The molecule has 2 rings (SSSR count). The summed E-state index contributed by atoms with van der Waals surface area (Å²) in [6.45, 7) is 1.30. The van der Waals surface area contributed by atoms with Gasteiger partial charge in [-0.1, -0.05) is 6.07 Å². The highest BCUT2D eigenvalue weighted by Crippen LogP contribution is 2.18. The van der Waals surface area contributed by atoms with Crippen LogP contribution < -0.4 is 14.9 Å². The molecule has 2 aromatic rings. The van der Waals surface area contributed by atoms with Crippen LogP contribution in [0.4, 0.5) is 8.78 Å². The van der Waals surface area contributed by atoms with E-state index in [4.69, 9.17) is 9.47 Å². The Bertz CT molecular complexity index is 763. The highest BCUT2D eigenvalue weighted by Gasteiger charge is 2.07. The van der Waals surface area contributed by atoms with Crippen LogP contribution in [0.3, 0.4) is 0 Å². The molecule has 0 radical (unpaired) electrons. The Hall–Kier alpha value is -2.96. The van der Waals surface area contributed by atoms with E-state index in [1.54, 1.807) is 13.0 Å². The molecule has 0 aliphatic heterocycles. The molecule has 0 atom stereocenters. The molecule has 0 aliphatic rings. The van der Waals surface area contributed by atoms with Crippen molar-refractivity contribution in [3.8, 4) is 11.5 Å². The number of amides is 1. The maximum atomic E-state index is 13.6. The molecular weight excluding hydrogens is 318 g/mol. The summed E-state index contributed by atoms with van der Waals surface area (Å²) >= 11 is 0. The molecule has 1 amide bonds. The number of carbonyl (C=O) groups excluding carboxylic acids is 1. The molecule has 0 aromatic heterocycles. The van der Waals surface area contributed by atoms with E-state index in [1.165, 1.54) is 43.5 Å². The predicted octanol–water partition coefficient (Wildman–Crippen LogP) is 2.89. The number of hydrazone groups is 1. The summed E-state index contributed by atoms with van der Waals surface area (Å²) in [6, 6.07) is 9.80. The van der Waals surface area contributed by atoms with Gasteiger partial charge >= 0.3 is 0 Å². The van der Waals surface area contributed by atoms with Gasteiger partial charge in [-0.2, -0.15) is 5.10 Å². The third-order valence-corrected chi connectivity index (χ3v) is 3.08. The van der Waals surface area contributed by atoms with E-state index in [2.05, 4.69) is 10.5 Å². The Balaban J connectivity index is 1.91. The van der Waals surface area contributed by atoms with Gasteiger partial charge in [-0.05, 0) is 37.3 Å². The molecule has 126 valence electrons. The van der Waals surface area contributed by atoms with E-state index in [0.29, 0.717) is 11.3 Å². The number of nitrogens with zero attached hydrogens (tertiary/aromatic N) is 1. The number of carbonyl (C=O) groups is 1. The Labute approximate surface area is 137 Å². The Morgan fingerprint density at radius 3 is 2.67 bits per heavy atom. The highest BCUT2D eigenvalue weighted by molar-refractivity contribution is 5.99. The van der Waals surface area contributed by atoms with Crippen molar-refractivity contribution in [3.63, 3.8) is 0 Å². The molecule has 0 unspecified atom stereocenters. The lowest BCUT2D eigenvalue weighted by atomic mass is 10.1. The Kier molecular flexibility index (Phi) is 5.83. The fourth-order valence-electron chi connectivity index (χ4n) is 1.84. The molecule has 0 spiro atoms. The Morgan fingerprint density at radius 1 is 1.21 bits per heavy atom. The van der Waals surface area contributed by atoms with Gasteiger partial charge in [0.1, 0.15) is 11.6 Å². The van der Waals surface area contributed by atoms with E-state index in [0.717, 1.165) is 0 Å². The average molecular weight is 334 g/mol. The van der Waals surface area contributed by atoms with E-state index in [1.807, 2.05) is 0 Å². The van der Waals surface area contributed by atoms with Crippen LogP contribution in [0.15, 0.2) is 47.6 Å². The van der Waals surface area contributed by atoms with Crippen LogP contribution in [0.25, 0.3) is 0 Å². The highest BCUT2D eigenvalue weighted by atomic mass is 19.1. The van der Waals surface area contributed by atoms with Gasteiger partial charge in [-0.15, -0.1) is 0 Å². The third kappa shape index (κ3) is 4.77. The Morgan fingerprint density at radius 2 is 2.00 bits per heavy atom. The topological polar surface area (TPSA) is 59.9 Å². The lowest BCUT2D eigenvalue weighted by Gasteiger charge is -2.07. The number of hydrogen-bond acceptors (Lipinski definition) is 4. The summed E-state index contributed by atoms with van der Waals surface area (Å²) in [6.07, 6.45) is 0. The number of rotatable bonds is 6. The summed E-state index contributed by atoms with van der Waals surface area (Å²) in [7, 11) is 1.37. The van der Waals surface area contributed by atoms with E-state index >= 15 is 0 Å². The molecule has 0 bridgehead atoms. The van der Waals surface area contributed by atoms with Crippen LogP contribution in [0.2, 0.25) is 0 Å². The van der Waals surface area contributed by atoms with Gasteiger partial charge in [0, 0.05) is 11.6 Å². The molecule has 0 heterocycles. The van der Waals surface area contributed by atoms with Gasteiger partial charge in [-0.3, -0.25) is 4.79 Å². The summed E-state index contributed by atoms with van der Waals surface area (Å²) in [5.41, 5.74) is 3.20. The third-order valence-electron chi connectivity index (χ3n) is 3.08. The predicted molar refractivity (Wildman–Crippen MR) is 85.2 cm³/mol. The van der Waals surface area contributed by atoms with Crippen molar-refractivity contribution in [1.29, 1.82) is 0 Å².